The fourth-order valence-electron chi connectivity index (χ4n) is 1.77. The average Bonchev–Trinajstić information content (AvgIpc) is 2.55. The van der Waals surface area contributed by atoms with Gasteiger partial charge < -0.3 is 9.88 Å². The molecule has 2 aromatic rings. The van der Waals surface area contributed by atoms with Gasteiger partial charge >= 0.3 is 0 Å². The van der Waals surface area contributed by atoms with Crippen molar-refractivity contribution in [3.05, 3.63) is 34.4 Å². The summed E-state index contributed by atoms with van der Waals surface area (Å²) < 4.78 is 3.06. The van der Waals surface area contributed by atoms with Crippen LogP contribution < -0.4 is 5.32 Å². The maximum atomic E-state index is 11.7. The molecule has 0 saturated carbocycles. The van der Waals surface area contributed by atoms with E-state index in [0.717, 1.165) is 20.9 Å². The van der Waals surface area contributed by atoms with Crippen LogP contribution in [0.4, 0.5) is 0 Å². The largest absolute Gasteiger partial charge is 0.349 e. The predicted molar refractivity (Wildman–Crippen MR) is 68.9 cm³/mol. The van der Waals surface area contributed by atoms with Crippen LogP contribution in [-0.4, -0.2) is 23.9 Å². The Morgan fingerprint density at radius 3 is 2.94 bits per heavy atom. The first kappa shape index (κ1) is 11.4. The summed E-state index contributed by atoms with van der Waals surface area (Å²) >= 11 is 3.49. The normalized spacial score (nSPS) is 10.9. The van der Waals surface area contributed by atoms with Crippen molar-refractivity contribution in [2.75, 3.05) is 13.6 Å². The third-order valence-electron chi connectivity index (χ3n) is 2.60. The zero-order valence-corrected chi connectivity index (χ0v) is 10.8. The molecule has 0 radical (unpaired) electrons. The molecule has 0 aliphatic rings. The summed E-state index contributed by atoms with van der Waals surface area (Å²) in [5.74, 6) is 0.113. The van der Waals surface area contributed by atoms with Gasteiger partial charge in [0, 0.05) is 34.2 Å². The van der Waals surface area contributed by atoms with Crippen LogP contribution in [0.5, 0.6) is 0 Å². The van der Waals surface area contributed by atoms with E-state index >= 15 is 0 Å². The number of aromatic nitrogens is 1. The molecular formula is C12H13BrN2O. The number of ketones is 1. The third kappa shape index (κ3) is 1.90. The molecule has 84 valence electrons. The van der Waals surface area contributed by atoms with Crippen LogP contribution in [0.3, 0.4) is 0 Å². The van der Waals surface area contributed by atoms with Crippen LogP contribution in [-0.2, 0) is 7.05 Å². The van der Waals surface area contributed by atoms with Crippen LogP contribution in [0.1, 0.15) is 10.4 Å². The van der Waals surface area contributed by atoms with Crippen LogP contribution in [0.15, 0.2) is 28.9 Å². The molecule has 1 N–H and O–H groups in total. The van der Waals surface area contributed by atoms with E-state index < -0.39 is 0 Å². The highest BCUT2D eigenvalue weighted by atomic mass is 79.9. The van der Waals surface area contributed by atoms with Crippen molar-refractivity contribution in [3.63, 3.8) is 0 Å². The van der Waals surface area contributed by atoms with Crippen LogP contribution in [0.2, 0.25) is 0 Å². The molecule has 0 bridgehead atoms. The number of halogens is 1. The molecule has 0 fully saturated rings. The second kappa shape index (κ2) is 4.39. The van der Waals surface area contributed by atoms with Gasteiger partial charge in [-0.1, -0.05) is 12.1 Å². The van der Waals surface area contributed by atoms with Crippen LogP contribution >= 0.6 is 15.9 Å². The fraction of sp³-hybridized carbons (Fsp3) is 0.250. The highest BCUT2D eigenvalue weighted by Gasteiger charge is 2.09. The molecule has 0 saturated heterocycles. The first-order valence-corrected chi connectivity index (χ1v) is 5.85. The zero-order valence-electron chi connectivity index (χ0n) is 9.25. The number of hydrogen-bond acceptors (Lipinski definition) is 2. The minimum atomic E-state index is 0.113. The van der Waals surface area contributed by atoms with Gasteiger partial charge in [-0.2, -0.15) is 0 Å². The number of carbonyl (C=O) groups excluding carboxylic acids is 1. The standard InChI is InChI=1S/C12H13BrN2O/c1-14-6-12(16)8-3-4-9-10(13)7-15(2)11(9)5-8/h3-5,7,14H,6H2,1-2H3. The molecule has 0 amide bonds. The summed E-state index contributed by atoms with van der Waals surface area (Å²) in [5.41, 5.74) is 1.81. The van der Waals surface area contributed by atoms with Crippen LogP contribution in [0.25, 0.3) is 10.9 Å². The quantitative estimate of drug-likeness (QED) is 0.876. The van der Waals surface area contributed by atoms with E-state index in [-0.39, 0.29) is 5.78 Å². The van der Waals surface area contributed by atoms with Crippen molar-refractivity contribution in [2.45, 2.75) is 0 Å². The van der Waals surface area contributed by atoms with E-state index in [9.17, 15) is 4.79 Å². The second-order valence-electron chi connectivity index (χ2n) is 3.77. The maximum Gasteiger partial charge on any atom is 0.176 e. The van der Waals surface area contributed by atoms with Crippen molar-refractivity contribution >= 4 is 32.6 Å². The third-order valence-corrected chi connectivity index (χ3v) is 3.23. The molecular weight excluding hydrogens is 268 g/mol. The van der Waals surface area contributed by atoms with E-state index in [4.69, 9.17) is 0 Å². The lowest BCUT2D eigenvalue weighted by Gasteiger charge is -2.02. The highest BCUT2D eigenvalue weighted by molar-refractivity contribution is 9.10. The van der Waals surface area contributed by atoms with E-state index in [1.165, 1.54) is 0 Å². The minimum Gasteiger partial charge on any atom is -0.349 e. The number of rotatable bonds is 3. The Hall–Kier alpha value is -1.13. The number of benzene rings is 1. The van der Waals surface area contributed by atoms with E-state index in [2.05, 4.69) is 21.2 Å². The molecule has 0 unspecified atom stereocenters. The molecule has 16 heavy (non-hydrogen) atoms. The minimum absolute atomic E-state index is 0.113. The number of aryl methyl sites for hydroxylation is 1. The molecule has 0 atom stereocenters. The molecule has 1 aromatic carbocycles. The highest BCUT2D eigenvalue weighted by Crippen LogP contribution is 2.26. The van der Waals surface area contributed by atoms with Crippen molar-refractivity contribution in [1.29, 1.82) is 0 Å². The van der Waals surface area contributed by atoms with Gasteiger partial charge in [0.1, 0.15) is 0 Å². The number of Topliss-reactive ketones (excluding diaryl/α,β-unsaturated/α-hetero) is 1. The lowest BCUT2D eigenvalue weighted by atomic mass is 10.1. The summed E-state index contributed by atoms with van der Waals surface area (Å²) in [6, 6.07) is 5.77. The summed E-state index contributed by atoms with van der Waals surface area (Å²) in [7, 11) is 3.74. The van der Waals surface area contributed by atoms with Gasteiger partial charge in [0.2, 0.25) is 0 Å². The van der Waals surface area contributed by atoms with Crippen molar-refractivity contribution < 1.29 is 4.79 Å². The maximum absolute atomic E-state index is 11.7. The molecule has 0 aliphatic heterocycles. The fourth-order valence-corrected chi connectivity index (χ4v) is 2.41. The first-order valence-electron chi connectivity index (χ1n) is 5.06. The molecule has 0 spiro atoms. The number of fused-ring (bicyclic) bond motifs is 1. The smallest absolute Gasteiger partial charge is 0.176 e. The van der Waals surface area contributed by atoms with Crippen LogP contribution in [0, 0.1) is 0 Å². The number of carbonyl (C=O) groups is 1. The van der Waals surface area contributed by atoms with Gasteiger partial charge in [-0.25, -0.2) is 0 Å². The SMILES string of the molecule is CNCC(=O)c1ccc2c(Br)cn(C)c2c1. The lowest BCUT2D eigenvalue weighted by Crippen LogP contribution is -2.18. The van der Waals surface area contributed by atoms with E-state index in [0.29, 0.717) is 6.54 Å². The topological polar surface area (TPSA) is 34.0 Å². The number of hydrogen-bond donors (Lipinski definition) is 1. The second-order valence-corrected chi connectivity index (χ2v) is 4.63. The Morgan fingerprint density at radius 2 is 2.25 bits per heavy atom. The Balaban J connectivity index is 2.51. The first-order chi connectivity index (χ1) is 7.63. The molecule has 2 rings (SSSR count). The number of nitrogens with one attached hydrogen (secondary N) is 1. The van der Waals surface area contributed by atoms with E-state index in [1.807, 2.05) is 36.0 Å². The zero-order chi connectivity index (χ0) is 11.7. The Morgan fingerprint density at radius 1 is 1.50 bits per heavy atom. The Kier molecular flexibility index (Phi) is 3.12. The number of nitrogens with zero attached hydrogens (tertiary/aromatic N) is 1. The van der Waals surface area contributed by atoms with Crippen molar-refractivity contribution in [1.82, 2.24) is 9.88 Å². The van der Waals surface area contributed by atoms with E-state index in [1.54, 1.807) is 7.05 Å². The Bertz CT molecular complexity index is 545. The average molecular weight is 281 g/mol. The van der Waals surface area contributed by atoms with Crippen molar-refractivity contribution in [2.24, 2.45) is 7.05 Å². The van der Waals surface area contributed by atoms with Gasteiger partial charge in [-0.05, 0) is 29.0 Å². The monoisotopic (exact) mass is 280 g/mol. The lowest BCUT2D eigenvalue weighted by molar-refractivity contribution is 0.0993. The summed E-state index contributed by atoms with van der Waals surface area (Å²) in [6.45, 7) is 0.372. The van der Waals surface area contributed by atoms with Gasteiger partial charge in [-0.15, -0.1) is 0 Å². The van der Waals surface area contributed by atoms with Gasteiger partial charge in [-0.3, -0.25) is 4.79 Å². The summed E-state index contributed by atoms with van der Waals surface area (Å²) in [4.78, 5) is 11.7. The molecule has 4 heteroatoms. The van der Waals surface area contributed by atoms with Crippen molar-refractivity contribution in [3.8, 4) is 0 Å². The summed E-state index contributed by atoms with van der Waals surface area (Å²) in [6.07, 6.45) is 2.00. The molecule has 1 heterocycles. The Labute approximate surface area is 103 Å². The molecule has 1 aromatic heterocycles. The molecule has 3 nitrogen and oxygen atoms in total. The van der Waals surface area contributed by atoms with Gasteiger partial charge in [0.25, 0.3) is 0 Å². The number of likely N-dealkylation sites (N-methyl/N-ethyl adjacent to an activating group) is 1. The molecule has 0 aliphatic carbocycles. The summed E-state index contributed by atoms with van der Waals surface area (Å²) in [5, 5.41) is 4.00. The van der Waals surface area contributed by atoms with Gasteiger partial charge in [0.05, 0.1) is 6.54 Å². The van der Waals surface area contributed by atoms with Gasteiger partial charge in [0.15, 0.2) is 5.78 Å². The predicted octanol–water partition coefficient (Wildman–Crippen LogP) is 2.34.